The summed E-state index contributed by atoms with van der Waals surface area (Å²) in [5.41, 5.74) is 1.17. The summed E-state index contributed by atoms with van der Waals surface area (Å²) in [4.78, 5) is 39.8. The number of benzene rings is 1. The molecule has 1 aromatic carbocycles. The third kappa shape index (κ3) is 4.23. The van der Waals surface area contributed by atoms with Crippen LogP contribution >= 0.6 is 0 Å². The fourth-order valence-electron chi connectivity index (χ4n) is 4.00. The number of carbonyl (C=O) groups excluding carboxylic acids is 3. The maximum Gasteiger partial charge on any atom is 0.321 e. The highest BCUT2D eigenvalue weighted by Gasteiger charge is 2.36. The molecule has 1 atom stereocenters. The van der Waals surface area contributed by atoms with E-state index in [2.05, 4.69) is 5.32 Å². The SMILES string of the molecule is CC(=O)c1cccc(NC(=O)N(C)C[C@H]2CC(=O)N(C3CCCC3)C2)c1. The van der Waals surface area contributed by atoms with E-state index in [9.17, 15) is 14.4 Å². The van der Waals surface area contributed by atoms with E-state index in [0.29, 0.717) is 30.3 Å². The molecule has 1 aromatic rings. The molecule has 1 aliphatic carbocycles. The summed E-state index contributed by atoms with van der Waals surface area (Å²) in [7, 11) is 1.74. The van der Waals surface area contributed by atoms with E-state index in [0.717, 1.165) is 19.4 Å². The zero-order valence-electron chi connectivity index (χ0n) is 15.5. The average Bonchev–Trinajstić information content (AvgIpc) is 3.24. The van der Waals surface area contributed by atoms with Crippen molar-refractivity contribution in [2.45, 2.75) is 45.1 Å². The predicted octanol–water partition coefficient (Wildman–Crippen LogP) is 3.14. The third-order valence-electron chi connectivity index (χ3n) is 5.40. The van der Waals surface area contributed by atoms with Crippen LogP contribution in [0.15, 0.2) is 24.3 Å². The van der Waals surface area contributed by atoms with Crippen LogP contribution in [0.1, 0.15) is 49.4 Å². The van der Waals surface area contributed by atoms with Crippen LogP contribution in [0.3, 0.4) is 0 Å². The van der Waals surface area contributed by atoms with Gasteiger partial charge in [0.25, 0.3) is 0 Å². The maximum atomic E-state index is 12.4. The number of carbonyl (C=O) groups is 3. The van der Waals surface area contributed by atoms with Gasteiger partial charge in [-0.1, -0.05) is 25.0 Å². The number of anilines is 1. The summed E-state index contributed by atoms with van der Waals surface area (Å²) in [6, 6.07) is 7.09. The molecule has 0 unspecified atom stereocenters. The van der Waals surface area contributed by atoms with Gasteiger partial charge in [-0.15, -0.1) is 0 Å². The van der Waals surface area contributed by atoms with E-state index in [-0.39, 0.29) is 23.6 Å². The highest BCUT2D eigenvalue weighted by atomic mass is 16.2. The minimum atomic E-state index is -0.225. The smallest absolute Gasteiger partial charge is 0.321 e. The lowest BCUT2D eigenvalue weighted by atomic mass is 10.1. The molecule has 2 fully saturated rings. The Bertz CT molecular complexity index is 697. The molecule has 0 radical (unpaired) electrons. The second-order valence-corrected chi connectivity index (χ2v) is 7.50. The Balaban J connectivity index is 1.53. The summed E-state index contributed by atoms with van der Waals surface area (Å²) in [5, 5.41) is 2.82. The maximum absolute atomic E-state index is 12.4. The number of nitrogens with one attached hydrogen (secondary N) is 1. The first-order valence-electron chi connectivity index (χ1n) is 9.36. The van der Waals surface area contributed by atoms with E-state index in [4.69, 9.17) is 0 Å². The monoisotopic (exact) mass is 357 g/mol. The minimum absolute atomic E-state index is 0.0362. The van der Waals surface area contributed by atoms with Crippen LogP contribution in [0.2, 0.25) is 0 Å². The van der Waals surface area contributed by atoms with Gasteiger partial charge >= 0.3 is 6.03 Å². The van der Waals surface area contributed by atoms with Gasteiger partial charge in [0.1, 0.15) is 0 Å². The lowest BCUT2D eigenvalue weighted by Crippen LogP contribution is -2.37. The number of hydrogen-bond acceptors (Lipinski definition) is 3. The molecule has 140 valence electrons. The number of ketones is 1. The van der Waals surface area contributed by atoms with Crippen molar-refractivity contribution in [2.24, 2.45) is 5.92 Å². The molecule has 0 bridgehead atoms. The number of nitrogens with zero attached hydrogens (tertiary/aromatic N) is 2. The van der Waals surface area contributed by atoms with Crippen LogP contribution in [0.5, 0.6) is 0 Å². The standard InChI is InChI=1S/C20H27N3O3/c1-14(24)16-6-5-7-17(11-16)21-20(26)22(2)12-15-10-19(25)23(13-15)18-8-3-4-9-18/h5-7,11,15,18H,3-4,8-10,12-13H2,1-2H3,(H,21,26)/t15-/m1/s1. The molecule has 1 saturated carbocycles. The van der Waals surface area contributed by atoms with Crippen molar-refractivity contribution in [1.29, 1.82) is 0 Å². The second-order valence-electron chi connectivity index (χ2n) is 7.50. The summed E-state index contributed by atoms with van der Waals surface area (Å²) in [6.45, 7) is 2.80. The lowest BCUT2D eigenvalue weighted by Gasteiger charge is -2.25. The number of likely N-dealkylation sites (tertiary alicyclic amines) is 1. The first kappa shape index (κ1) is 18.4. The molecule has 6 nitrogen and oxygen atoms in total. The van der Waals surface area contributed by atoms with Gasteiger partial charge in [0.05, 0.1) is 0 Å². The van der Waals surface area contributed by atoms with E-state index >= 15 is 0 Å². The molecule has 1 saturated heterocycles. The van der Waals surface area contributed by atoms with E-state index in [1.165, 1.54) is 19.8 Å². The molecule has 26 heavy (non-hydrogen) atoms. The average molecular weight is 357 g/mol. The van der Waals surface area contributed by atoms with Crippen molar-refractivity contribution in [2.75, 3.05) is 25.5 Å². The largest absolute Gasteiger partial charge is 0.339 e. The Morgan fingerprint density at radius 3 is 2.69 bits per heavy atom. The highest BCUT2D eigenvalue weighted by Crippen LogP contribution is 2.29. The van der Waals surface area contributed by atoms with Crippen molar-refractivity contribution >= 4 is 23.4 Å². The zero-order valence-corrected chi connectivity index (χ0v) is 15.5. The van der Waals surface area contributed by atoms with Crippen molar-refractivity contribution in [3.05, 3.63) is 29.8 Å². The first-order valence-corrected chi connectivity index (χ1v) is 9.36. The predicted molar refractivity (Wildman–Crippen MR) is 100 cm³/mol. The fourth-order valence-corrected chi connectivity index (χ4v) is 4.00. The van der Waals surface area contributed by atoms with Crippen molar-refractivity contribution in [1.82, 2.24) is 9.80 Å². The van der Waals surface area contributed by atoms with Crippen molar-refractivity contribution in [3.63, 3.8) is 0 Å². The molecule has 6 heteroatoms. The molecule has 0 aromatic heterocycles. The highest BCUT2D eigenvalue weighted by molar-refractivity contribution is 5.96. The molecule has 2 aliphatic rings. The molecule has 1 N–H and O–H groups in total. The summed E-state index contributed by atoms with van der Waals surface area (Å²) in [5.74, 6) is 0.373. The zero-order chi connectivity index (χ0) is 18.7. The van der Waals surface area contributed by atoms with Gasteiger partial charge < -0.3 is 15.1 Å². The Kier molecular flexibility index (Phi) is 5.59. The lowest BCUT2D eigenvalue weighted by molar-refractivity contribution is -0.129. The van der Waals surface area contributed by atoms with Gasteiger partial charge in [0.2, 0.25) is 5.91 Å². The van der Waals surface area contributed by atoms with E-state index < -0.39 is 0 Å². The minimum Gasteiger partial charge on any atom is -0.339 e. The van der Waals surface area contributed by atoms with Crippen LogP contribution < -0.4 is 5.32 Å². The second kappa shape index (κ2) is 7.89. The molecule has 1 heterocycles. The van der Waals surface area contributed by atoms with Crippen LogP contribution in [0.25, 0.3) is 0 Å². The molecule has 0 spiro atoms. The fraction of sp³-hybridized carbons (Fsp3) is 0.550. The summed E-state index contributed by atoms with van der Waals surface area (Å²) < 4.78 is 0. The number of urea groups is 1. The normalized spacial score (nSPS) is 20.5. The summed E-state index contributed by atoms with van der Waals surface area (Å²) >= 11 is 0. The Labute approximate surface area is 154 Å². The molecule has 3 amide bonds. The number of hydrogen-bond donors (Lipinski definition) is 1. The van der Waals surface area contributed by atoms with Crippen molar-refractivity contribution < 1.29 is 14.4 Å². The molecular weight excluding hydrogens is 330 g/mol. The van der Waals surface area contributed by atoms with E-state index in [1.807, 2.05) is 4.90 Å². The topological polar surface area (TPSA) is 69.7 Å². The Morgan fingerprint density at radius 2 is 2.00 bits per heavy atom. The quantitative estimate of drug-likeness (QED) is 0.823. The third-order valence-corrected chi connectivity index (χ3v) is 5.40. The van der Waals surface area contributed by atoms with E-state index in [1.54, 1.807) is 36.2 Å². The van der Waals surface area contributed by atoms with Gasteiger partial charge in [-0.25, -0.2) is 4.79 Å². The van der Waals surface area contributed by atoms with Gasteiger partial charge in [-0.2, -0.15) is 0 Å². The number of rotatable bonds is 5. The van der Waals surface area contributed by atoms with Gasteiger partial charge in [-0.3, -0.25) is 9.59 Å². The number of amides is 3. The van der Waals surface area contributed by atoms with Gasteiger partial charge in [-0.05, 0) is 31.9 Å². The Morgan fingerprint density at radius 1 is 1.27 bits per heavy atom. The van der Waals surface area contributed by atoms with Crippen molar-refractivity contribution in [3.8, 4) is 0 Å². The van der Waals surface area contributed by atoms with Gasteiger partial charge in [0, 0.05) is 49.8 Å². The molecule has 1 aliphatic heterocycles. The van der Waals surface area contributed by atoms with Crippen LogP contribution in [0.4, 0.5) is 10.5 Å². The first-order chi connectivity index (χ1) is 12.4. The van der Waals surface area contributed by atoms with Crippen LogP contribution in [-0.2, 0) is 4.79 Å². The molecular formula is C20H27N3O3. The van der Waals surface area contributed by atoms with Crippen LogP contribution in [-0.4, -0.2) is 53.7 Å². The van der Waals surface area contributed by atoms with Gasteiger partial charge in [0.15, 0.2) is 5.78 Å². The molecule has 3 rings (SSSR count). The number of Topliss-reactive ketones (excluding diaryl/α,β-unsaturated/α-hetero) is 1. The van der Waals surface area contributed by atoms with Crippen LogP contribution in [0, 0.1) is 5.92 Å². The Hall–Kier alpha value is -2.37. The summed E-state index contributed by atoms with van der Waals surface area (Å²) in [6.07, 6.45) is 5.16.